The van der Waals surface area contributed by atoms with Gasteiger partial charge in [-0.15, -0.1) is 12.6 Å². The molecule has 5 nitrogen and oxygen atoms in total. The number of phenols is 4. The maximum atomic E-state index is 13.4. The van der Waals surface area contributed by atoms with E-state index >= 15 is 0 Å². The number of thiol groups is 1. The number of benzene rings is 5. The van der Waals surface area contributed by atoms with Crippen LogP contribution in [0.3, 0.4) is 0 Å². The summed E-state index contributed by atoms with van der Waals surface area (Å²) in [5.41, 5.74) is 8.39. The van der Waals surface area contributed by atoms with Crippen molar-refractivity contribution in [3.8, 4) is 23.0 Å². The number of aryl methyl sites for hydroxylation is 6. The molecule has 0 aliphatic heterocycles. The molecule has 0 aliphatic rings. The molecule has 4 N–H and O–H groups in total. The fraction of sp³-hybridized carbons (Fsp3) is 0.262. The van der Waals surface area contributed by atoms with Crippen LogP contribution in [0.5, 0.6) is 23.0 Å². The molecule has 0 spiro atoms. The summed E-state index contributed by atoms with van der Waals surface area (Å²) in [6, 6.07) is 23.3. The van der Waals surface area contributed by atoms with Crippen LogP contribution in [0.4, 0.5) is 0 Å². The second-order valence-electron chi connectivity index (χ2n) is 13.7. The van der Waals surface area contributed by atoms with Crippen LogP contribution in [0, 0.1) is 41.5 Å². The minimum Gasteiger partial charge on any atom is -0.508 e. The zero-order valence-corrected chi connectivity index (χ0v) is 30.0. The average molecular weight is 661 g/mol. The minimum atomic E-state index is -0.869. The van der Waals surface area contributed by atoms with Gasteiger partial charge in [0.05, 0.1) is 0 Å². The molecule has 5 aromatic carbocycles. The third-order valence-electron chi connectivity index (χ3n) is 10.3. The number of hydrogen-bond acceptors (Lipinski definition) is 6. The van der Waals surface area contributed by atoms with Crippen LogP contribution in [-0.2, 0) is 10.8 Å². The molecule has 2 atom stereocenters. The van der Waals surface area contributed by atoms with Gasteiger partial charge < -0.3 is 20.4 Å². The second kappa shape index (κ2) is 12.4. The first-order valence-corrected chi connectivity index (χ1v) is 16.5. The van der Waals surface area contributed by atoms with Crippen molar-refractivity contribution >= 4 is 18.4 Å². The molecule has 0 bridgehead atoms. The highest BCUT2D eigenvalue weighted by atomic mass is 32.1. The van der Waals surface area contributed by atoms with Crippen LogP contribution < -0.4 is 0 Å². The van der Waals surface area contributed by atoms with E-state index in [9.17, 15) is 25.2 Å². The van der Waals surface area contributed by atoms with Crippen LogP contribution in [0.15, 0.2) is 77.7 Å². The fourth-order valence-corrected chi connectivity index (χ4v) is 7.23. The van der Waals surface area contributed by atoms with Crippen LogP contribution in [-0.4, -0.2) is 26.2 Å². The van der Waals surface area contributed by atoms with E-state index < -0.39 is 10.8 Å². The number of Topliss-reactive ketones (excluding diaryl/α,β-unsaturated/α-hetero) is 1. The van der Waals surface area contributed by atoms with Gasteiger partial charge in [-0.1, -0.05) is 48.5 Å². The summed E-state index contributed by atoms with van der Waals surface area (Å²) in [5.74, 6) is 0.654. The number of ketones is 1. The summed E-state index contributed by atoms with van der Waals surface area (Å²) >= 11 is 4.63. The van der Waals surface area contributed by atoms with Gasteiger partial charge in [0.2, 0.25) is 0 Å². The van der Waals surface area contributed by atoms with E-state index in [4.69, 9.17) is 0 Å². The van der Waals surface area contributed by atoms with E-state index in [1.807, 2.05) is 102 Å². The van der Waals surface area contributed by atoms with Crippen molar-refractivity contribution in [3.63, 3.8) is 0 Å². The lowest BCUT2D eigenvalue weighted by molar-refractivity contribution is 0.101. The normalized spacial score (nSPS) is 14.0. The molecule has 5 rings (SSSR count). The maximum Gasteiger partial charge on any atom is 0.159 e. The molecular formula is C42H44O5S. The van der Waals surface area contributed by atoms with Gasteiger partial charge in [-0.2, -0.15) is 0 Å². The number of hydrogen-bond donors (Lipinski definition) is 5. The summed E-state index contributed by atoms with van der Waals surface area (Å²) in [6.07, 6.45) is 0. The molecule has 0 saturated heterocycles. The third-order valence-corrected chi connectivity index (χ3v) is 10.6. The lowest BCUT2D eigenvalue weighted by Gasteiger charge is -2.37. The Labute approximate surface area is 289 Å². The fourth-order valence-electron chi connectivity index (χ4n) is 6.91. The predicted octanol–water partition coefficient (Wildman–Crippen LogP) is 9.56. The van der Waals surface area contributed by atoms with Crippen molar-refractivity contribution in [1.29, 1.82) is 0 Å². The minimum absolute atomic E-state index is 0.0995. The highest BCUT2D eigenvalue weighted by Crippen LogP contribution is 2.48. The molecule has 248 valence electrons. The predicted molar refractivity (Wildman–Crippen MR) is 196 cm³/mol. The Kier molecular flexibility index (Phi) is 8.95. The Morgan fingerprint density at radius 1 is 0.500 bits per heavy atom. The molecule has 5 aromatic rings. The molecule has 2 unspecified atom stereocenters. The van der Waals surface area contributed by atoms with E-state index in [-0.39, 0.29) is 28.8 Å². The number of phenolic OH excluding ortho intramolecular Hbond substituents is 4. The number of carbonyl (C=O) groups is 1. The molecule has 0 aliphatic carbocycles. The molecule has 0 radical (unpaired) electrons. The Morgan fingerprint density at radius 2 is 0.854 bits per heavy atom. The first-order valence-electron chi connectivity index (χ1n) is 16.0. The quantitative estimate of drug-likeness (QED) is 0.0681. The summed E-state index contributed by atoms with van der Waals surface area (Å²) in [7, 11) is 0. The van der Waals surface area contributed by atoms with E-state index in [1.54, 1.807) is 13.0 Å². The molecule has 0 amide bonds. The summed E-state index contributed by atoms with van der Waals surface area (Å²) in [5, 5.41) is 42.7. The van der Waals surface area contributed by atoms with E-state index in [1.165, 1.54) is 0 Å². The van der Waals surface area contributed by atoms with Crippen LogP contribution in [0.25, 0.3) is 0 Å². The monoisotopic (exact) mass is 660 g/mol. The van der Waals surface area contributed by atoms with Crippen LogP contribution in [0.1, 0.15) is 97.9 Å². The van der Waals surface area contributed by atoms with Crippen LogP contribution >= 0.6 is 12.6 Å². The molecular weight excluding hydrogens is 617 g/mol. The van der Waals surface area contributed by atoms with Crippen LogP contribution in [0.2, 0.25) is 0 Å². The largest absolute Gasteiger partial charge is 0.508 e. The molecule has 0 heterocycles. The van der Waals surface area contributed by atoms with E-state index in [2.05, 4.69) is 32.5 Å². The zero-order valence-electron chi connectivity index (χ0n) is 29.1. The Bertz CT molecular complexity index is 1980. The van der Waals surface area contributed by atoms with E-state index in [0.717, 1.165) is 61.2 Å². The van der Waals surface area contributed by atoms with Crippen molar-refractivity contribution in [2.75, 3.05) is 0 Å². The standard InChI is InChI=1S/C42H44O5S/c1-22-12-30(10-11-36(22)44)41(8,31-13-23(2)38(45)24(3)14-31)34-18-29(28(7)43)19-35(20-34)42(9,32-15-25(4)39(46)26(5)16-32)33-17-27(6)40(47)37(48)21-33/h10-21,44-48H,1-9H3. The van der Waals surface area contributed by atoms with Gasteiger partial charge >= 0.3 is 0 Å². The van der Waals surface area contributed by atoms with Gasteiger partial charge in [-0.05, 0) is 153 Å². The first-order chi connectivity index (χ1) is 22.4. The van der Waals surface area contributed by atoms with Gasteiger partial charge in [0.15, 0.2) is 5.78 Å². The summed E-state index contributed by atoms with van der Waals surface area (Å²) < 4.78 is 0. The van der Waals surface area contributed by atoms with Crippen molar-refractivity contribution in [2.24, 2.45) is 0 Å². The van der Waals surface area contributed by atoms with Crippen molar-refractivity contribution in [2.45, 2.75) is 78.0 Å². The summed E-state index contributed by atoms with van der Waals surface area (Å²) in [6.45, 7) is 16.9. The summed E-state index contributed by atoms with van der Waals surface area (Å²) in [4.78, 5) is 13.8. The smallest absolute Gasteiger partial charge is 0.159 e. The Hall–Kier alpha value is -4.68. The molecule has 48 heavy (non-hydrogen) atoms. The lowest BCUT2D eigenvalue weighted by Crippen LogP contribution is -2.30. The SMILES string of the molecule is CC(=O)c1cc(C(C)(c2ccc(O)c(C)c2)c2cc(C)c(O)c(C)c2)cc(C(C)(c2cc(C)c(O)c(C)c2)c2cc(C)c(O)c(S)c2)c1. The van der Waals surface area contributed by atoms with E-state index in [0.29, 0.717) is 16.0 Å². The van der Waals surface area contributed by atoms with Crippen molar-refractivity contribution in [1.82, 2.24) is 0 Å². The number of aromatic hydroxyl groups is 4. The lowest BCUT2D eigenvalue weighted by atomic mass is 9.65. The van der Waals surface area contributed by atoms with Gasteiger partial charge in [0.25, 0.3) is 0 Å². The molecule has 0 aromatic heterocycles. The Balaban J connectivity index is 1.95. The second-order valence-corrected chi connectivity index (χ2v) is 14.2. The molecule has 6 heteroatoms. The zero-order chi connectivity index (χ0) is 35.5. The molecule has 0 fully saturated rings. The van der Waals surface area contributed by atoms with Gasteiger partial charge in [0.1, 0.15) is 23.0 Å². The third kappa shape index (κ3) is 5.73. The maximum absolute atomic E-state index is 13.4. The number of rotatable bonds is 7. The first kappa shape index (κ1) is 34.6. The van der Waals surface area contributed by atoms with Gasteiger partial charge in [-0.3, -0.25) is 4.79 Å². The highest BCUT2D eigenvalue weighted by molar-refractivity contribution is 7.80. The van der Waals surface area contributed by atoms with Crippen molar-refractivity contribution < 1.29 is 25.2 Å². The average Bonchev–Trinajstić information content (AvgIpc) is 3.04. The van der Waals surface area contributed by atoms with Gasteiger partial charge in [-0.25, -0.2) is 0 Å². The highest BCUT2D eigenvalue weighted by Gasteiger charge is 2.38. The topological polar surface area (TPSA) is 98.0 Å². The van der Waals surface area contributed by atoms with Gasteiger partial charge in [0, 0.05) is 21.3 Å². The number of carbonyl (C=O) groups excluding carboxylic acids is 1. The van der Waals surface area contributed by atoms with Crippen molar-refractivity contribution in [3.05, 3.63) is 145 Å². The molecule has 0 saturated carbocycles. The Morgan fingerprint density at radius 3 is 1.25 bits per heavy atom.